The van der Waals surface area contributed by atoms with Crippen LogP contribution in [0.25, 0.3) is 11.1 Å². The van der Waals surface area contributed by atoms with E-state index in [2.05, 4.69) is 6.92 Å². The Labute approximate surface area is 166 Å². The van der Waals surface area contributed by atoms with Gasteiger partial charge in [0.15, 0.2) is 17.5 Å². The minimum atomic E-state index is -1.51. The van der Waals surface area contributed by atoms with Gasteiger partial charge in [-0.25, -0.2) is 17.6 Å². The quantitative estimate of drug-likeness (QED) is 0.297. The summed E-state index contributed by atoms with van der Waals surface area (Å²) in [6.07, 6.45) is 2.37. The Morgan fingerprint density at radius 1 is 0.714 bits per heavy atom. The van der Waals surface area contributed by atoms with E-state index in [1.54, 1.807) is 12.1 Å². The van der Waals surface area contributed by atoms with E-state index in [0.29, 0.717) is 11.1 Å². The highest BCUT2D eigenvalue weighted by Crippen LogP contribution is 2.32. The number of aryl methyl sites for hydroxylation is 3. The van der Waals surface area contributed by atoms with Gasteiger partial charge in [0.25, 0.3) is 0 Å². The number of halogens is 5. The molecule has 0 unspecified atom stereocenters. The fourth-order valence-electron chi connectivity index (χ4n) is 3.18. The van der Waals surface area contributed by atoms with Crippen molar-refractivity contribution < 1.29 is 17.6 Å². The zero-order chi connectivity index (χ0) is 20.3. The molecule has 0 amide bonds. The summed E-state index contributed by atoms with van der Waals surface area (Å²) in [7, 11) is 0. The molecule has 146 valence electrons. The van der Waals surface area contributed by atoms with E-state index in [0.717, 1.165) is 30.5 Å². The maximum absolute atomic E-state index is 14.7. The van der Waals surface area contributed by atoms with Gasteiger partial charge in [0.05, 0.1) is 5.02 Å². The topological polar surface area (TPSA) is 0 Å². The Morgan fingerprint density at radius 3 is 1.96 bits per heavy atom. The molecule has 28 heavy (non-hydrogen) atoms. The molecule has 0 saturated carbocycles. The van der Waals surface area contributed by atoms with E-state index in [4.69, 9.17) is 11.6 Å². The van der Waals surface area contributed by atoms with Gasteiger partial charge < -0.3 is 0 Å². The molecule has 3 aromatic carbocycles. The van der Waals surface area contributed by atoms with E-state index >= 15 is 0 Å². The van der Waals surface area contributed by atoms with Crippen molar-refractivity contribution in [3.63, 3.8) is 0 Å². The first-order valence-corrected chi connectivity index (χ1v) is 9.48. The van der Waals surface area contributed by atoms with Crippen molar-refractivity contribution in [2.75, 3.05) is 0 Å². The van der Waals surface area contributed by atoms with Crippen LogP contribution in [0.2, 0.25) is 5.02 Å². The van der Waals surface area contributed by atoms with Gasteiger partial charge in [0, 0.05) is 5.56 Å². The molecule has 3 rings (SSSR count). The summed E-state index contributed by atoms with van der Waals surface area (Å²) in [4.78, 5) is 0. The summed E-state index contributed by atoms with van der Waals surface area (Å²) in [6.45, 7) is 2.10. The minimum absolute atomic E-state index is 0.0113. The van der Waals surface area contributed by atoms with Crippen LogP contribution in [0.1, 0.15) is 30.0 Å². The smallest absolute Gasteiger partial charge is 0.194 e. The number of rotatable bonds is 6. The summed E-state index contributed by atoms with van der Waals surface area (Å²) in [5.74, 6) is -4.57. The van der Waals surface area contributed by atoms with E-state index in [9.17, 15) is 17.6 Å². The molecule has 0 heterocycles. The van der Waals surface area contributed by atoms with E-state index in [1.807, 2.05) is 24.3 Å². The third kappa shape index (κ3) is 4.39. The Bertz CT molecular complexity index is 958. The van der Waals surface area contributed by atoms with Crippen molar-refractivity contribution in [1.29, 1.82) is 0 Å². The number of hydrogen-bond acceptors (Lipinski definition) is 0. The second kappa shape index (κ2) is 8.78. The van der Waals surface area contributed by atoms with Gasteiger partial charge in [0.2, 0.25) is 0 Å². The summed E-state index contributed by atoms with van der Waals surface area (Å²) in [6, 6.07) is 13.0. The second-order valence-corrected chi connectivity index (χ2v) is 7.10. The number of benzene rings is 3. The summed E-state index contributed by atoms with van der Waals surface area (Å²) in [5, 5.41) is 0.0113. The SMILES string of the molecule is CCCc1ccc(-c2ccc(CCc3cc(F)c(F)c(F)c3)c(F)c2Cl)cc1. The highest BCUT2D eigenvalue weighted by molar-refractivity contribution is 6.33. The minimum Gasteiger partial charge on any atom is -0.205 e. The lowest BCUT2D eigenvalue weighted by atomic mass is 9.98. The molecule has 0 atom stereocenters. The standard InChI is InChI=1S/C23H19ClF4/c1-2-3-14-4-7-16(8-5-14)18-11-10-17(22(27)21(18)24)9-6-15-12-19(25)23(28)20(26)13-15/h4-5,7-8,10-13H,2-3,6,9H2,1H3. The second-order valence-electron chi connectivity index (χ2n) is 6.72. The number of hydrogen-bond donors (Lipinski definition) is 0. The van der Waals surface area contributed by atoms with Gasteiger partial charge >= 0.3 is 0 Å². The van der Waals surface area contributed by atoms with E-state index in [1.165, 1.54) is 5.56 Å². The van der Waals surface area contributed by atoms with Gasteiger partial charge in [-0.3, -0.25) is 0 Å². The van der Waals surface area contributed by atoms with Crippen LogP contribution in [0.15, 0.2) is 48.5 Å². The van der Waals surface area contributed by atoms with Crippen molar-refractivity contribution in [2.45, 2.75) is 32.6 Å². The van der Waals surface area contributed by atoms with Crippen molar-refractivity contribution in [3.05, 3.63) is 93.5 Å². The van der Waals surface area contributed by atoms with Crippen LogP contribution >= 0.6 is 11.6 Å². The van der Waals surface area contributed by atoms with Crippen LogP contribution in [0, 0.1) is 23.3 Å². The molecule has 0 radical (unpaired) electrons. The van der Waals surface area contributed by atoms with E-state index < -0.39 is 23.3 Å². The van der Waals surface area contributed by atoms with Gasteiger partial charge in [0.1, 0.15) is 5.82 Å². The largest absolute Gasteiger partial charge is 0.205 e. The molecule has 0 aliphatic rings. The third-order valence-electron chi connectivity index (χ3n) is 4.69. The molecular formula is C23H19ClF4. The molecular weight excluding hydrogens is 388 g/mol. The lowest BCUT2D eigenvalue weighted by molar-refractivity contribution is 0.445. The summed E-state index contributed by atoms with van der Waals surface area (Å²) < 4.78 is 54.4. The summed E-state index contributed by atoms with van der Waals surface area (Å²) in [5.41, 5.74) is 3.20. The zero-order valence-electron chi connectivity index (χ0n) is 15.3. The molecule has 0 aliphatic heterocycles. The average molecular weight is 407 g/mol. The molecule has 0 fully saturated rings. The van der Waals surface area contributed by atoms with Crippen molar-refractivity contribution in [3.8, 4) is 11.1 Å². The van der Waals surface area contributed by atoms with Crippen molar-refractivity contribution in [1.82, 2.24) is 0 Å². The van der Waals surface area contributed by atoms with Crippen LogP contribution in [0.3, 0.4) is 0 Å². The van der Waals surface area contributed by atoms with Crippen LogP contribution < -0.4 is 0 Å². The predicted octanol–water partition coefficient (Wildman–Crippen LogP) is 7.30. The van der Waals surface area contributed by atoms with Gasteiger partial charge in [-0.15, -0.1) is 0 Å². The van der Waals surface area contributed by atoms with Gasteiger partial charge in [-0.05, 0) is 53.6 Å². The van der Waals surface area contributed by atoms with Crippen LogP contribution in [-0.4, -0.2) is 0 Å². The maximum atomic E-state index is 14.7. The molecule has 0 aliphatic carbocycles. The first kappa shape index (κ1) is 20.4. The average Bonchev–Trinajstić information content (AvgIpc) is 2.68. The van der Waals surface area contributed by atoms with Gasteiger partial charge in [-0.2, -0.15) is 0 Å². The molecule has 0 aromatic heterocycles. The molecule has 0 bridgehead atoms. The van der Waals surface area contributed by atoms with E-state index in [-0.39, 0.29) is 23.4 Å². The lowest BCUT2D eigenvalue weighted by Gasteiger charge is -2.11. The highest BCUT2D eigenvalue weighted by atomic mass is 35.5. The predicted molar refractivity (Wildman–Crippen MR) is 105 cm³/mol. The van der Waals surface area contributed by atoms with Crippen molar-refractivity contribution in [2.24, 2.45) is 0 Å². The monoisotopic (exact) mass is 406 g/mol. The first-order valence-electron chi connectivity index (χ1n) is 9.10. The molecule has 3 aromatic rings. The van der Waals surface area contributed by atoms with Crippen LogP contribution in [0.4, 0.5) is 17.6 Å². The fourth-order valence-corrected chi connectivity index (χ4v) is 3.47. The third-order valence-corrected chi connectivity index (χ3v) is 5.06. The molecule has 0 nitrogen and oxygen atoms in total. The normalized spacial score (nSPS) is 11.1. The molecule has 0 saturated heterocycles. The molecule has 0 N–H and O–H groups in total. The van der Waals surface area contributed by atoms with Crippen LogP contribution in [-0.2, 0) is 19.3 Å². The lowest BCUT2D eigenvalue weighted by Crippen LogP contribution is -2.00. The Kier molecular flexibility index (Phi) is 6.40. The zero-order valence-corrected chi connectivity index (χ0v) is 16.1. The Morgan fingerprint density at radius 2 is 1.36 bits per heavy atom. The van der Waals surface area contributed by atoms with Crippen LogP contribution in [0.5, 0.6) is 0 Å². The van der Waals surface area contributed by atoms with Crippen molar-refractivity contribution >= 4 is 11.6 Å². The Hall–Kier alpha value is -2.33. The molecule has 0 spiro atoms. The highest BCUT2D eigenvalue weighted by Gasteiger charge is 2.15. The Balaban J connectivity index is 1.80. The first-order chi connectivity index (χ1) is 13.4. The summed E-state index contributed by atoms with van der Waals surface area (Å²) >= 11 is 6.24. The molecule has 5 heteroatoms. The fraction of sp³-hybridized carbons (Fsp3) is 0.217. The maximum Gasteiger partial charge on any atom is 0.194 e. The van der Waals surface area contributed by atoms with Gasteiger partial charge in [-0.1, -0.05) is 61.3 Å².